The van der Waals surface area contributed by atoms with Gasteiger partial charge in [-0.15, -0.1) is 0 Å². The fourth-order valence-corrected chi connectivity index (χ4v) is 2.67. The van der Waals surface area contributed by atoms with Crippen LogP contribution in [0.5, 0.6) is 0 Å². The van der Waals surface area contributed by atoms with E-state index in [2.05, 4.69) is 55.3 Å². The van der Waals surface area contributed by atoms with Crippen LogP contribution in [0.3, 0.4) is 0 Å². The van der Waals surface area contributed by atoms with E-state index in [9.17, 15) is 0 Å². The van der Waals surface area contributed by atoms with Gasteiger partial charge in [-0.2, -0.15) is 0 Å². The van der Waals surface area contributed by atoms with Crippen LogP contribution in [0.15, 0.2) is 24.3 Å². The van der Waals surface area contributed by atoms with E-state index in [1.165, 1.54) is 30.5 Å². The first kappa shape index (κ1) is 13.4. The van der Waals surface area contributed by atoms with Gasteiger partial charge in [0.05, 0.1) is 0 Å². The van der Waals surface area contributed by atoms with E-state index >= 15 is 0 Å². The first-order valence-corrected chi connectivity index (χ1v) is 7.26. The molecule has 1 unspecified atom stereocenters. The molecule has 2 nitrogen and oxygen atoms in total. The Morgan fingerprint density at radius 1 is 1.22 bits per heavy atom. The fourth-order valence-electron chi connectivity index (χ4n) is 2.67. The average molecular weight is 246 g/mol. The van der Waals surface area contributed by atoms with Crippen molar-refractivity contribution in [1.29, 1.82) is 0 Å². The molecule has 1 N–H and O–H groups in total. The highest BCUT2D eigenvalue weighted by Crippen LogP contribution is 2.22. The molecule has 0 amide bonds. The highest BCUT2D eigenvalue weighted by atomic mass is 15.2. The molecule has 1 atom stereocenters. The molecule has 1 aromatic rings. The van der Waals surface area contributed by atoms with Crippen molar-refractivity contribution in [2.24, 2.45) is 0 Å². The lowest BCUT2D eigenvalue weighted by Gasteiger charge is -2.42. The van der Waals surface area contributed by atoms with Crippen molar-refractivity contribution in [2.45, 2.75) is 45.6 Å². The second-order valence-electron chi connectivity index (χ2n) is 5.68. The molecule has 0 saturated carbocycles. The van der Waals surface area contributed by atoms with Gasteiger partial charge in [-0.1, -0.05) is 32.4 Å². The lowest BCUT2D eigenvalue weighted by Crippen LogP contribution is -2.58. The Morgan fingerprint density at radius 2 is 1.94 bits per heavy atom. The fraction of sp³-hybridized carbons (Fsp3) is 0.625. The predicted molar refractivity (Wildman–Crippen MR) is 79.3 cm³/mol. The van der Waals surface area contributed by atoms with Crippen LogP contribution < -0.4 is 10.2 Å². The second kappa shape index (κ2) is 5.75. The lowest BCUT2D eigenvalue weighted by molar-refractivity contribution is 0.314. The standard InChI is InChI=1S/C16H26N2/c1-4-6-14-7-9-15(10-8-14)18-12-11-17-16(3,5-2)13-18/h7-10,17H,4-6,11-13H2,1-3H3. The Hall–Kier alpha value is -1.02. The zero-order chi connectivity index (χ0) is 13.0. The zero-order valence-electron chi connectivity index (χ0n) is 12.0. The number of anilines is 1. The summed E-state index contributed by atoms with van der Waals surface area (Å²) in [5.41, 5.74) is 3.09. The molecule has 2 heteroatoms. The molecule has 0 aromatic heterocycles. The molecule has 1 aliphatic heterocycles. The zero-order valence-corrected chi connectivity index (χ0v) is 12.0. The molecule has 0 spiro atoms. The molecular weight excluding hydrogens is 220 g/mol. The topological polar surface area (TPSA) is 15.3 Å². The van der Waals surface area contributed by atoms with Crippen molar-refractivity contribution in [1.82, 2.24) is 5.32 Å². The van der Waals surface area contributed by atoms with E-state index in [1.807, 2.05) is 0 Å². The third-order valence-electron chi connectivity index (χ3n) is 4.09. The molecule has 2 rings (SSSR count). The van der Waals surface area contributed by atoms with E-state index in [4.69, 9.17) is 0 Å². The molecule has 100 valence electrons. The molecule has 1 saturated heterocycles. The van der Waals surface area contributed by atoms with Gasteiger partial charge in [-0.3, -0.25) is 0 Å². The second-order valence-corrected chi connectivity index (χ2v) is 5.68. The maximum Gasteiger partial charge on any atom is 0.0367 e. The molecule has 1 aliphatic rings. The number of nitrogens with zero attached hydrogens (tertiary/aromatic N) is 1. The Balaban J connectivity index is 2.06. The minimum absolute atomic E-state index is 0.264. The summed E-state index contributed by atoms with van der Waals surface area (Å²) in [6.07, 6.45) is 3.59. The summed E-state index contributed by atoms with van der Waals surface area (Å²) in [6, 6.07) is 9.13. The smallest absolute Gasteiger partial charge is 0.0367 e. The summed E-state index contributed by atoms with van der Waals surface area (Å²) in [4.78, 5) is 2.51. The summed E-state index contributed by atoms with van der Waals surface area (Å²) in [7, 11) is 0. The maximum atomic E-state index is 3.63. The number of aryl methyl sites for hydroxylation is 1. The Labute approximate surface area is 111 Å². The van der Waals surface area contributed by atoms with Crippen molar-refractivity contribution in [2.75, 3.05) is 24.5 Å². The number of hydrogen-bond donors (Lipinski definition) is 1. The number of nitrogens with one attached hydrogen (secondary N) is 1. The number of benzene rings is 1. The quantitative estimate of drug-likeness (QED) is 0.877. The highest BCUT2D eigenvalue weighted by molar-refractivity contribution is 5.48. The maximum absolute atomic E-state index is 3.63. The summed E-state index contributed by atoms with van der Waals surface area (Å²) in [6.45, 7) is 10.1. The van der Waals surface area contributed by atoms with Crippen molar-refractivity contribution in [3.8, 4) is 0 Å². The first-order valence-electron chi connectivity index (χ1n) is 7.26. The SMILES string of the molecule is CCCc1ccc(N2CCNC(C)(CC)C2)cc1. The van der Waals surface area contributed by atoms with E-state index in [0.29, 0.717) is 0 Å². The van der Waals surface area contributed by atoms with Crippen LogP contribution in [0, 0.1) is 0 Å². The molecule has 1 aromatic carbocycles. The van der Waals surface area contributed by atoms with Crippen LogP contribution in [-0.4, -0.2) is 25.2 Å². The van der Waals surface area contributed by atoms with Crippen LogP contribution in [0.1, 0.15) is 39.2 Å². The normalized spacial score (nSPS) is 24.3. The molecule has 0 radical (unpaired) electrons. The molecule has 0 aliphatic carbocycles. The van der Waals surface area contributed by atoms with Crippen molar-refractivity contribution in [3.63, 3.8) is 0 Å². The van der Waals surface area contributed by atoms with Crippen LogP contribution in [0.2, 0.25) is 0 Å². The summed E-state index contributed by atoms with van der Waals surface area (Å²) < 4.78 is 0. The van der Waals surface area contributed by atoms with Gasteiger partial charge < -0.3 is 10.2 Å². The van der Waals surface area contributed by atoms with Gasteiger partial charge in [0.2, 0.25) is 0 Å². The monoisotopic (exact) mass is 246 g/mol. The third kappa shape index (κ3) is 3.05. The summed E-state index contributed by atoms with van der Waals surface area (Å²) >= 11 is 0. The van der Waals surface area contributed by atoms with Gasteiger partial charge in [0.25, 0.3) is 0 Å². The number of piperazine rings is 1. The van der Waals surface area contributed by atoms with Crippen molar-refractivity contribution >= 4 is 5.69 Å². The van der Waals surface area contributed by atoms with Crippen LogP contribution in [-0.2, 0) is 6.42 Å². The van der Waals surface area contributed by atoms with Crippen molar-refractivity contribution < 1.29 is 0 Å². The van der Waals surface area contributed by atoms with Crippen molar-refractivity contribution in [3.05, 3.63) is 29.8 Å². The first-order chi connectivity index (χ1) is 8.67. The number of rotatable bonds is 4. The van der Waals surface area contributed by atoms with Crippen LogP contribution >= 0.6 is 0 Å². The minimum atomic E-state index is 0.264. The minimum Gasteiger partial charge on any atom is -0.368 e. The average Bonchev–Trinajstić information content (AvgIpc) is 2.40. The van der Waals surface area contributed by atoms with E-state index < -0.39 is 0 Å². The van der Waals surface area contributed by atoms with Gasteiger partial charge in [-0.25, -0.2) is 0 Å². The molecular formula is C16H26N2. The molecule has 1 heterocycles. The molecule has 1 fully saturated rings. The Morgan fingerprint density at radius 3 is 2.56 bits per heavy atom. The lowest BCUT2D eigenvalue weighted by atomic mass is 9.95. The molecule has 18 heavy (non-hydrogen) atoms. The third-order valence-corrected chi connectivity index (χ3v) is 4.09. The largest absolute Gasteiger partial charge is 0.368 e. The van der Waals surface area contributed by atoms with E-state index in [0.717, 1.165) is 19.6 Å². The summed E-state index contributed by atoms with van der Waals surface area (Å²) in [5, 5.41) is 3.63. The van der Waals surface area contributed by atoms with Gasteiger partial charge in [0.1, 0.15) is 0 Å². The van der Waals surface area contributed by atoms with Crippen LogP contribution in [0.25, 0.3) is 0 Å². The van der Waals surface area contributed by atoms with Gasteiger partial charge in [0, 0.05) is 30.9 Å². The van der Waals surface area contributed by atoms with Gasteiger partial charge in [-0.05, 0) is 37.5 Å². The highest BCUT2D eigenvalue weighted by Gasteiger charge is 2.28. The predicted octanol–water partition coefficient (Wildman–Crippen LogP) is 3.22. The number of hydrogen-bond acceptors (Lipinski definition) is 2. The Bertz CT molecular complexity index is 371. The van der Waals surface area contributed by atoms with Crippen LogP contribution in [0.4, 0.5) is 5.69 Å². The van der Waals surface area contributed by atoms with E-state index in [-0.39, 0.29) is 5.54 Å². The van der Waals surface area contributed by atoms with Gasteiger partial charge >= 0.3 is 0 Å². The van der Waals surface area contributed by atoms with E-state index in [1.54, 1.807) is 0 Å². The molecule has 0 bridgehead atoms. The van der Waals surface area contributed by atoms with Gasteiger partial charge in [0.15, 0.2) is 0 Å². The summed E-state index contributed by atoms with van der Waals surface area (Å²) in [5.74, 6) is 0. The Kier molecular flexibility index (Phi) is 4.28.